The number of benzene rings is 4. The van der Waals surface area contributed by atoms with Gasteiger partial charge in [0.25, 0.3) is 20.2 Å². The average Bonchev–Trinajstić information content (AvgIpc) is 2.87. The van der Waals surface area contributed by atoms with Crippen molar-refractivity contribution >= 4 is 58.2 Å². The first-order valence-corrected chi connectivity index (χ1v) is 15.3. The largest absolute Gasteiger partial charge is 0.495 e. The van der Waals surface area contributed by atoms with E-state index < -0.39 is 45.9 Å². The summed E-state index contributed by atoms with van der Waals surface area (Å²) < 4.78 is 104. The second-order valence-electron chi connectivity index (χ2n) is 8.34. The molecule has 0 saturated carbocycles. The van der Waals surface area contributed by atoms with Crippen molar-refractivity contribution in [2.45, 2.75) is 21.6 Å². The van der Waals surface area contributed by atoms with Crippen LogP contribution in [0, 0.1) is 6.92 Å². The summed E-state index contributed by atoms with van der Waals surface area (Å²) in [5.41, 5.74) is 6.84. The summed E-state index contributed by atoms with van der Waals surface area (Å²) in [5, 5.41) is 7.99. The summed E-state index contributed by atoms with van der Waals surface area (Å²) >= 11 is 0. The predicted molar refractivity (Wildman–Crippen MR) is 144 cm³/mol. The van der Waals surface area contributed by atoms with Gasteiger partial charge in [-0.15, -0.1) is 5.11 Å². The number of fused-ring (bicyclic) bond motifs is 1. The van der Waals surface area contributed by atoms with Crippen LogP contribution in [0.1, 0.15) is 5.56 Å². The summed E-state index contributed by atoms with van der Waals surface area (Å²) in [6, 6.07) is 13.4. The van der Waals surface area contributed by atoms with E-state index in [4.69, 9.17) is 14.7 Å². The Morgan fingerprint density at radius 3 is 2.00 bits per heavy atom. The second kappa shape index (κ2) is 10.5. The molecule has 0 heterocycles. The molecule has 0 atom stereocenters. The van der Waals surface area contributed by atoms with E-state index >= 15 is 0 Å². The molecule has 4 aromatic carbocycles. The van der Waals surface area contributed by atoms with Gasteiger partial charge in [0, 0.05) is 11.5 Å². The highest BCUT2D eigenvalue weighted by Gasteiger charge is 2.26. The van der Waals surface area contributed by atoms with Gasteiger partial charge in [0.2, 0.25) is 0 Å². The maximum atomic E-state index is 12.8. The molecule has 0 saturated heterocycles. The molecule has 0 aromatic heterocycles. The Bertz CT molecular complexity index is 1990. The molecule has 0 amide bonds. The summed E-state index contributed by atoms with van der Waals surface area (Å²) in [4.78, 5) is -1.95. The molecule has 0 aliphatic heterocycles. The number of azo groups is 1. The quantitative estimate of drug-likeness (QED) is 0.110. The number of nitrogens with zero attached hydrogens (tertiary/aromatic N) is 2. The van der Waals surface area contributed by atoms with E-state index in [0.717, 1.165) is 24.3 Å². The van der Waals surface area contributed by atoms with Crippen LogP contribution < -0.4 is 14.7 Å². The Morgan fingerprint density at radius 2 is 1.40 bits per heavy atom. The molecule has 4 aromatic rings. The molecule has 0 aliphatic carbocycles. The maximum Gasteiger partial charge on any atom is 0.339 e. The molecule has 16 heteroatoms. The Labute approximate surface area is 229 Å². The van der Waals surface area contributed by atoms with Crippen molar-refractivity contribution < 1.29 is 43.3 Å². The number of hydrogen-bond donors (Lipinski definition) is 3. The van der Waals surface area contributed by atoms with E-state index in [-0.39, 0.29) is 32.8 Å². The fourth-order valence-electron chi connectivity index (χ4n) is 3.67. The smallest absolute Gasteiger partial charge is 0.339 e. The molecular formula is C24H21N3O10S3. The van der Waals surface area contributed by atoms with E-state index in [1.165, 1.54) is 37.4 Å². The van der Waals surface area contributed by atoms with E-state index in [2.05, 4.69) is 10.2 Å². The molecule has 0 fully saturated rings. The van der Waals surface area contributed by atoms with E-state index in [9.17, 15) is 34.4 Å². The molecular weight excluding hydrogens is 586 g/mol. The van der Waals surface area contributed by atoms with Gasteiger partial charge in [0.15, 0.2) is 5.75 Å². The highest BCUT2D eigenvalue weighted by atomic mass is 32.2. The summed E-state index contributed by atoms with van der Waals surface area (Å²) in [6.45, 7) is 1.68. The molecule has 0 aliphatic rings. The van der Waals surface area contributed by atoms with Crippen LogP contribution in [0.5, 0.6) is 11.5 Å². The third-order valence-corrected chi connectivity index (χ3v) is 8.54. The number of nitrogen functional groups attached to an aromatic ring is 1. The molecule has 0 spiro atoms. The van der Waals surface area contributed by atoms with Crippen LogP contribution in [0.4, 0.5) is 17.1 Å². The van der Waals surface area contributed by atoms with Gasteiger partial charge < -0.3 is 14.7 Å². The van der Waals surface area contributed by atoms with Gasteiger partial charge >= 0.3 is 10.1 Å². The molecule has 0 bridgehead atoms. The minimum Gasteiger partial charge on any atom is -0.495 e. The summed E-state index contributed by atoms with van der Waals surface area (Å²) in [5.74, 6) is -0.504. The van der Waals surface area contributed by atoms with Crippen molar-refractivity contribution in [1.29, 1.82) is 0 Å². The van der Waals surface area contributed by atoms with Crippen LogP contribution in [0.15, 0.2) is 91.6 Å². The number of aryl methyl sites for hydroxylation is 1. The normalized spacial score (nSPS) is 12.6. The van der Waals surface area contributed by atoms with Crippen molar-refractivity contribution in [1.82, 2.24) is 0 Å². The van der Waals surface area contributed by atoms with Crippen molar-refractivity contribution in [2.75, 3.05) is 12.8 Å². The monoisotopic (exact) mass is 607 g/mol. The van der Waals surface area contributed by atoms with Crippen LogP contribution >= 0.6 is 0 Å². The Morgan fingerprint density at radius 1 is 0.750 bits per heavy atom. The van der Waals surface area contributed by atoms with Crippen molar-refractivity contribution in [2.24, 2.45) is 10.2 Å². The standard InChI is InChI=1S/C24H21N3O10S3/c1-14-8-19(25)22(36-2)13-20(14)26-27-21-11-17(38(28,29)30)9-15-10-24(39(31,32)33)23(12-18(15)21)37-40(34,35)16-6-4-3-5-7-16/h3-13H,25H2,1-2H3,(H,28,29,30)(H,31,32,33). The fraction of sp³-hybridized carbons (Fsp3) is 0.0833. The van der Waals surface area contributed by atoms with Crippen LogP contribution in [-0.4, -0.2) is 41.5 Å². The number of nitrogens with two attached hydrogens (primary N) is 1. The Balaban J connectivity index is 1.99. The SMILES string of the molecule is COc1cc(N=Nc2cc(S(=O)(=O)O)cc3cc(S(=O)(=O)O)c(OS(=O)(=O)c4ccccc4)cc23)c(C)cc1N. The van der Waals surface area contributed by atoms with Gasteiger partial charge in [-0.05, 0) is 60.3 Å². The zero-order valence-corrected chi connectivity index (χ0v) is 23.2. The highest BCUT2D eigenvalue weighted by molar-refractivity contribution is 7.87. The first-order valence-electron chi connectivity index (χ1n) is 11.0. The van der Waals surface area contributed by atoms with Gasteiger partial charge in [-0.25, -0.2) is 0 Å². The molecule has 0 radical (unpaired) electrons. The van der Waals surface area contributed by atoms with Gasteiger partial charge in [-0.2, -0.15) is 30.4 Å². The zero-order chi connectivity index (χ0) is 29.5. The van der Waals surface area contributed by atoms with Crippen LogP contribution in [0.3, 0.4) is 0 Å². The van der Waals surface area contributed by atoms with Crippen molar-refractivity contribution in [3.63, 3.8) is 0 Å². The third kappa shape index (κ3) is 6.05. The van der Waals surface area contributed by atoms with Crippen LogP contribution in [0.25, 0.3) is 10.8 Å². The highest BCUT2D eigenvalue weighted by Crippen LogP contribution is 2.39. The lowest BCUT2D eigenvalue weighted by atomic mass is 10.1. The first-order chi connectivity index (χ1) is 18.6. The maximum absolute atomic E-state index is 12.8. The van der Waals surface area contributed by atoms with Gasteiger partial charge in [-0.3, -0.25) is 9.11 Å². The lowest BCUT2D eigenvalue weighted by Crippen LogP contribution is -2.12. The topological polar surface area (TPSA) is 212 Å². The van der Waals surface area contributed by atoms with Gasteiger partial charge in [0.05, 0.1) is 29.1 Å². The molecule has 210 valence electrons. The minimum atomic E-state index is -5.09. The Hall–Kier alpha value is -4.09. The molecule has 4 rings (SSSR count). The first kappa shape index (κ1) is 28.9. The van der Waals surface area contributed by atoms with Gasteiger partial charge in [-0.1, -0.05) is 18.2 Å². The van der Waals surface area contributed by atoms with E-state index in [1.54, 1.807) is 19.1 Å². The molecule has 0 unspecified atom stereocenters. The number of anilines is 1. The lowest BCUT2D eigenvalue weighted by Gasteiger charge is -2.13. The number of methoxy groups -OCH3 is 1. The van der Waals surface area contributed by atoms with Crippen LogP contribution in [-0.2, 0) is 30.4 Å². The number of rotatable bonds is 8. The predicted octanol–water partition coefficient (Wildman–Crippen LogP) is 4.42. The zero-order valence-electron chi connectivity index (χ0n) is 20.7. The summed E-state index contributed by atoms with van der Waals surface area (Å²) in [7, 11) is -13.1. The van der Waals surface area contributed by atoms with E-state index in [1.807, 2.05) is 0 Å². The third-order valence-electron chi connectivity index (χ3n) is 5.59. The van der Waals surface area contributed by atoms with E-state index in [0.29, 0.717) is 11.3 Å². The average molecular weight is 608 g/mol. The number of ether oxygens (including phenoxy) is 1. The molecule has 4 N–H and O–H groups in total. The van der Waals surface area contributed by atoms with Crippen molar-refractivity contribution in [3.05, 3.63) is 72.3 Å². The van der Waals surface area contributed by atoms with Crippen LogP contribution in [0.2, 0.25) is 0 Å². The lowest BCUT2D eigenvalue weighted by molar-refractivity contribution is 0.417. The molecule has 40 heavy (non-hydrogen) atoms. The van der Waals surface area contributed by atoms with Gasteiger partial charge in [0.1, 0.15) is 15.5 Å². The molecule has 13 nitrogen and oxygen atoms in total. The fourth-order valence-corrected chi connectivity index (χ4v) is 5.85. The second-order valence-corrected chi connectivity index (χ2v) is 12.7. The van der Waals surface area contributed by atoms with Crippen molar-refractivity contribution in [3.8, 4) is 11.5 Å². The minimum absolute atomic E-state index is 0.0260. The Kier molecular flexibility index (Phi) is 7.57. The number of hydrogen-bond acceptors (Lipinski definition) is 11. The summed E-state index contributed by atoms with van der Waals surface area (Å²) in [6.07, 6.45) is 0.